The second kappa shape index (κ2) is 5.94. The normalized spacial score (nSPS) is 9.59. The maximum Gasteiger partial charge on any atom is 0.308 e. The van der Waals surface area contributed by atoms with Crippen molar-refractivity contribution in [2.45, 2.75) is 27.2 Å². The van der Waals surface area contributed by atoms with Gasteiger partial charge in [-0.05, 0) is 0 Å². The molecule has 0 atom stereocenters. The molecule has 4 nitrogen and oxygen atoms in total. The molecule has 0 saturated heterocycles. The molecule has 0 aliphatic heterocycles. The van der Waals surface area contributed by atoms with Crippen molar-refractivity contribution in [3.05, 3.63) is 30.7 Å². The first-order valence-electron chi connectivity index (χ1n) is 5.52. The minimum atomic E-state index is -0.388. The van der Waals surface area contributed by atoms with Crippen LogP contribution in [0.5, 0.6) is 0 Å². The van der Waals surface area contributed by atoms with E-state index in [-0.39, 0.29) is 5.97 Å². The molecule has 0 amide bonds. The summed E-state index contributed by atoms with van der Waals surface area (Å²) in [6.07, 6.45) is 2.83. The summed E-state index contributed by atoms with van der Waals surface area (Å²) in [6, 6.07) is 3.53. The van der Waals surface area contributed by atoms with E-state index in [0.717, 1.165) is 5.52 Å². The Labute approximate surface area is 100 Å². The van der Waals surface area contributed by atoms with Crippen LogP contribution in [0.3, 0.4) is 0 Å². The van der Waals surface area contributed by atoms with Crippen molar-refractivity contribution in [2.75, 3.05) is 0 Å². The fraction of sp³-hybridized carbons (Fsp3) is 0.308. The van der Waals surface area contributed by atoms with Crippen LogP contribution in [0, 0.1) is 0 Å². The van der Waals surface area contributed by atoms with E-state index in [1.54, 1.807) is 18.4 Å². The number of aromatic amines is 1. The van der Waals surface area contributed by atoms with E-state index in [9.17, 15) is 4.79 Å². The molecule has 2 heterocycles. The van der Waals surface area contributed by atoms with Crippen molar-refractivity contribution >= 4 is 22.8 Å². The zero-order valence-electron chi connectivity index (χ0n) is 10.4. The van der Waals surface area contributed by atoms with Crippen LogP contribution in [-0.2, 0) is 9.53 Å². The van der Waals surface area contributed by atoms with Crippen LogP contribution in [0.2, 0.25) is 0 Å². The quantitative estimate of drug-likeness (QED) is 0.637. The first-order chi connectivity index (χ1) is 8.08. The summed E-state index contributed by atoms with van der Waals surface area (Å²) in [7, 11) is 0. The number of rotatable bonds is 2. The van der Waals surface area contributed by atoms with Crippen molar-refractivity contribution in [3.63, 3.8) is 0 Å². The molecule has 17 heavy (non-hydrogen) atoms. The number of H-pyrrole nitrogens is 1. The standard InChI is InChI=1S/C10H9NO3.C3H8/c1-6(14-7(2)12)9-5-10-8(11-9)3-4-13-10;1-3-2/h3-5,11H,1H2,2H3;3H2,1-2H3. The Balaban J connectivity index is 0.000000437. The van der Waals surface area contributed by atoms with Gasteiger partial charge in [-0.2, -0.15) is 0 Å². The second-order valence-electron chi connectivity index (χ2n) is 3.61. The fourth-order valence-electron chi connectivity index (χ4n) is 1.23. The third-order valence-electron chi connectivity index (χ3n) is 1.81. The molecule has 0 bridgehead atoms. The summed E-state index contributed by atoms with van der Waals surface area (Å²) in [5.74, 6) is -0.0925. The lowest BCUT2D eigenvalue weighted by molar-refractivity contribution is -0.134. The lowest BCUT2D eigenvalue weighted by Gasteiger charge is -2.00. The van der Waals surface area contributed by atoms with Gasteiger partial charge in [-0.15, -0.1) is 0 Å². The number of furan rings is 1. The van der Waals surface area contributed by atoms with Gasteiger partial charge in [0.2, 0.25) is 0 Å². The van der Waals surface area contributed by atoms with Crippen molar-refractivity contribution in [1.82, 2.24) is 4.98 Å². The smallest absolute Gasteiger partial charge is 0.308 e. The summed E-state index contributed by atoms with van der Waals surface area (Å²) in [5.41, 5.74) is 2.22. The Morgan fingerprint density at radius 2 is 2.18 bits per heavy atom. The van der Waals surface area contributed by atoms with Crippen molar-refractivity contribution < 1.29 is 13.9 Å². The molecule has 0 radical (unpaired) electrons. The van der Waals surface area contributed by atoms with Gasteiger partial charge in [0.1, 0.15) is 5.76 Å². The Morgan fingerprint density at radius 1 is 1.53 bits per heavy atom. The van der Waals surface area contributed by atoms with E-state index in [2.05, 4.69) is 25.4 Å². The molecule has 0 saturated carbocycles. The van der Waals surface area contributed by atoms with Gasteiger partial charge in [-0.3, -0.25) is 4.79 Å². The molecule has 0 fully saturated rings. The van der Waals surface area contributed by atoms with E-state index in [0.29, 0.717) is 17.0 Å². The number of carbonyl (C=O) groups is 1. The summed E-state index contributed by atoms with van der Waals surface area (Å²) in [6.45, 7) is 9.21. The van der Waals surface area contributed by atoms with Gasteiger partial charge in [-0.25, -0.2) is 0 Å². The topological polar surface area (TPSA) is 55.2 Å². The highest BCUT2D eigenvalue weighted by Crippen LogP contribution is 2.21. The molecule has 0 spiro atoms. The molecule has 92 valence electrons. The van der Waals surface area contributed by atoms with Crippen LogP contribution in [-0.4, -0.2) is 11.0 Å². The van der Waals surface area contributed by atoms with E-state index < -0.39 is 0 Å². The zero-order chi connectivity index (χ0) is 12.8. The Bertz CT molecular complexity index is 479. The number of hydrogen-bond acceptors (Lipinski definition) is 3. The van der Waals surface area contributed by atoms with Crippen LogP contribution in [0.15, 0.2) is 29.4 Å². The van der Waals surface area contributed by atoms with E-state index >= 15 is 0 Å². The maximum atomic E-state index is 10.7. The predicted octanol–water partition coefficient (Wildman–Crippen LogP) is 3.71. The summed E-state index contributed by atoms with van der Waals surface area (Å²) < 4.78 is 9.97. The minimum absolute atomic E-state index is 0.295. The minimum Gasteiger partial charge on any atom is -0.463 e. The zero-order valence-corrected chi connectivity index (χ0v) is 10.4. The highest BCUT2D eigenvalue weighted by molar-refractivity contribution is 5.81. The molecule has 0 aliphatic carbocycles. The first-order valence-corrected chi connectivity index (χ1v) is 5.52. The Hall–Kier alpha value is -1.97. The number of nitrogens with one attached hydrogen (secondary N) is 1. The van der Waals surface area contributed by atoms with Gasteiger partial charge in [0.05, 0.1) is 17.5 Å². The summed E-state index contributed by atoms with van der Waals surface area (Å²) >= 11 is 0. The van der Waals surface area contributed by atoms with Crippen LogP contribution in [0.4, 0.5) is 0 Å². The summed E-state index contributed by atoms with van der Waals surface area (Å²) in [4.78, 5) is 13.7. The lowest BCUT2D eigenvalue weighted by Crippen LogP contribution is -1.97. The second-order valence-corrected chi connectivity index (χ2v) is 3.61. The van der Waals surface area contributed by atoms with Crippen LogP contribution in [0.1, 0.15) is 32.9 Å². The van der Waals surface area contributed by atoms with E-state index in [4.69, 9.17) is 9.15 Å². The van der Waals surface area contributed by atoms with Gasteiger partial charge in [0, 0.05) is 19.1 Å². The first kappa shape index (κ1) is 13.1. The van der Waals surface area contributed by atoms with Crippen LogP contribution < -0.4 is 0 Å². The molecule has 4 heteroatoms. The fourth-order valence-corrected chi connectivity index (χ4v) is 1.23. The largest absolute Gasteiger partial charge is 0.463 e. The third-order valence-corrected chi connectivity index (χ3v) is 1.81. The molecular formula is C13H17NO3. The predicted molar refractivity (Wildman–Crippen MR) is 67.3 cm³/mol. The number of hydrogen-bond donors (Lipinski definition) is 1. The number of aromatic nitrogens is 1. The van der Waals surface area contributed by atoms with Gasteiger partial charge in [0.15, 0.2) is 5.58 Å². The number of carbonyl (C=O) groups excluding carboxylic acids is 1. The number of ether oxygens (including phenoxy) is 1. The third kappa shape index (κ3) is 3.52. The highest BCUT2D eigenvalue weighted by atomic mass is 16.5. The molecule has 2 aromatic rings. The van der Waals surface area contributed by atoms with Gasteiger partial charge in [-0.1, -0.05) is 26.8 Å². The monoisotopic (exact) mass is 235 g/mol. The lowest BCUT2D eigenvalue weighted by atomic mass is 10.4. The molecule has 2 aromatic heterocycles. The molecule has 0 aliphatic rings. The Kier molecular flexibility index (Phi) is 4.57. The number of esters is 1. The van der Waals surface area contributed by atoms with E-state index in [1.807, 2.05) is 0 Å². The van der Waals surface area contributed by atoms with Crippen molar-refractivity contribution in [2.24, 2.45) is 0 Å². The van der Waals surface area contributed by atoms with Gasteiger partial charge >= 0.3 is 5.97 Å². The molecule has 0 unspecified atom stereocenters. The molecule has 0 aromatic carbocycles. The van der Waals surface area contributed by atoms with Crippen molar-refractivity contribution in [3.8, 4) is 0 Å². The van der Waals surface area contributed by atoms with Gasteiger partial charge < -0.3 is 14.1 Å². The Morgan fingerprint density at radius 3 is 2.71 bits per heavy atom. The van der Waals surface area contributed by atoms with Crippen LogP contribution in [0.25, 0.3) is 16.9 Å². The number of fused-ring (bicyclic) bond motifs is 1. The van der Waals surface area contributed by atoms with Crippen LogP contribution >= 0.6 is 0 Å². The molecule has 2 rings (SSSR count). The summed E-state index contributed by atoms with van der Waals surface area (Å²) in [5, 5.41) is 0. The highest BCUT2D eigenvalue weighted by Gasteiger charge is 2.08. The maximum absolute atomic E-state index is 10.7. The molecular weight excluding hydrogens is 218 g/mol. The van der Waals surface area contributed by atoms with Crippen molar-refractivity contribution in [1.29, 1.82) is 0 Å². The van der Waals surface area contributed by atoms with E-state index in [1.165, 1.54) is 13.3 Å². The average molecular weight is 235 g/mol. The average Bonchev–Trinajstić information content (AvgIpc) is 2.75. The van der Waals surface area contributed by atoms with Gasteiger partial charge in [0.25, 0.3) is 0 Å². The SMILES string of the molecule is C=C(OC(C)=O)c1cc2occc2[nH]1.CCC. The molecule has 1 N–H and O–H groups in total.